The molecule has 2 aromatic heterocycles. The van der Waals surface area contributed by atoms with Gasteiger partial charge >= 0.3 is 5.97 Å². The molecule has 2 heterocycles. The lowest BCUT2D eigenvalue weighted by Crippen LogP contribution is -1.98. The molecule has 4 nitrogen and oxygen atoms in total. The molecule has 0 N–H and O–H groups in total. The number of fused-ring (bicyclic) bond motifs is 1. The molecular formula is C9H10N2O2S. The average Bonchev–Trinajstić information content (AvgIpc) is 2.74. The Morgan fingerprint density at radius 1 is 1.71 bits per heavy atom. The molecule has 74 valence electrons. The van der Waals surface area contributed by atoms with E-state index in [-0.39, 0.29) is 5.97 Å². The molecule has 0 aliphatic rings. The summed E-state index contributed by atoms with van der Waals surface area (Å²) in [5.41, 5.74) is 0.998. The Hall–Kier alpha value is -1.36. The van der Waals surface area contributed by atoms with Gasteiger partial charge in [0.1, 0.15) is 4.88 Å². The molecule has 0 aliphatic carbocycles. The molecule has 2 rings (SSSR count). The topological polar surface area (TPSA) is 44.1 Å². The fourth-order valence-corrected chi connectivity index (χ4v) is 2.27. The molecule has 0 spiro atoms. The molecule has 0 atom stereocenters. The Labute approximate surface area is 85.1 Å². The van der Waals surface area contributed by atoms with Gasteiger partial charge in [0.15, 0.2) is 0 Å². The summed E-state index contributed by atoms with van der Waals surface area (Å²) < 4.78 is 7.53. The maximum absolute atomic E-state index is 11.2. The van der Waals surface area contributed by atoms with Crippen LogP contribution in [0.4, 0.5) is 0 Å². The summed E-state index contributed by atoms with van der Waals surface area (Å²) in [5.74, 6) is -0.283. The lowest BCUT2D eigenvalue weighted by Gasteiger charge is -1.94. The molecule has 2 aromatic rings. The fraction of sp³-hybridized carbons (Fsp3) is 0.333. The minimum absolute atomic E-state index is 0.283. The van der Waals surface area contributed by atoms with Crippen LogP contribution in [-0.4, -0.2) is 22.9 Å². The zero-order valence-corrected chi connectivity index (χ0v) is 8.80. The van der Waals surface area contributed by atoms with Crippen molar-refractivity contribution in [1.29, 1.82) is 0 Å². The number of aromatic nitrogens is 2. The summed E-state index contributed by atoms with van der Waals surface area (Å²) in [6.45, 7) is 2.82. The van der Waals surface area contributed by atoms with Crippen molar-refractivity contribution in [2.24, 2.45) is 0 Å². The van der Waals surface area contributed by atoms with Crippen molar-refractivity contribution in [2.45, 2.75) is 13.5 Å². The highest BCUT2D eigenvalue weighted by atomic mass is 32.1. The van der Waals surface area contributed by atoms with Gasteiger partial charge in [0.2, 0.25) is 0 Å². The quantitative estimate of drug-likeness (QED) is 0.711. The van der Waals surface area contributed by atoms with Gasteiger partial charge in [0, 0.05) is 6.54 Å². The second kappa shape index (κ2) is 3.42. The fourth-order valence-electron chi connectivity index (χ4n) is 1.33. The Bertz CT molecular complexity index is 472. The van der Waals surface area contributed by atoms with E-state index in [1.165, 1.54) is 18.4 Å². The molecule has 0 bridgehead atoms. The zero-order valence-electron chi connectivity index (χ0n) is 7.98. The number of hydrogen-bond donors (Lipinski definition) is 0. The number of carbonyl (C=O) groups is 1. The third-order valence-corrected chi connectivity index (χ3v) is 3.06. The molecule has 0 aliphatic heterocycles. The number of carbonyl (C=O) groups excluding carboxylic acids is 1. The van der Waals surface area contributed by atoms with Crippen LogP contribution in [0.1, 0.15) is 16.6 Å². The van der Waals surface area contributed by atoms with Gasteiger partial charge in [-0.25, -0.2) is 4.79 Å². The van der Waals surface area contributed by atoms with Crippen LogP contribution >= 0.6 is 11.3 Å². The van der Waals surface area contributed by atoms with Crippen LogP contribution in [0.2, 0.25) is 0 Å². The first-order valence-corrected chi connectivity index (χ1v) is 5.11. The summed E-state index contributed by atoms with van der Waals surface area (Å²) in [5, 5.41) is 4.18. The van der Waals surface area contributed by atoms with E-state index in [1.807, 2.05) is 17.7 Å². The molecule has 5 heteroatoms. The maximum atomic E-state index is 11.2. The number of aryl methyl sites for hydroxylation is 1. The highest BCUT2D eigenvalue weighted by Gasteiger charge is 2.12. The van der Waals surface area contributed by atoms with Gasteiger partial charge in [-0.15, -0.1) is 11.3 Å². The monoisotopic (exact) mass is 210 g/mol. The third-order valence-electron chi connectivity index (χ3n) is 2.02. The van der Waals surface area contributed by atoms with Gasteiger partial charge in [-0.05, 0) is 13.0 Å². The van der Waals surface area contributed by atoms with Crippen molar-refractivity contribution in [3.05, 3.63) is 17.1 Å². The summed E-state index contributed by atoms with van der Waals surface area (Å²) >= 11 is 1.41. The van der Waals surface area contributed by atoms with Crippen LogP contribution in [0.5, 0.6) is 0 Å². The number of nitrogens with zero attached hydrogens (tertiary/aromatic N) is 2. The van der Waals surface area contributed by atoms with Crippen LogP contribution in [0.25, 0.3) is 10.2 Å². The second-order valence-corrected chi connectivity index (χ2v) is 3.90. The third kappa shape index (κ3) is 1.29. The molecule has 0 amide bonds. The number of thiophene rings is 1. The average molecular weight is 210 g/mol. The predicted molar refractivity (Wildman–Crippen MR) is 54.6 cm³/mol. The van der Waals surface area contributed by atoms with Gasteiger partial charge in [-0.2, -0.15) is 5.10 Å². The van der Waals surface area contributed by atoms with Crippen molar-refractivity contribution in [1.82, 2.24) is 9.78 Å². The van der Waals surface area contributed by atoms with Crippen LogP contribution in [0.15, 0.2) is 12.3 Å². The van der Waals surface area contributed by atoms with E-state index < -0.39 is 0 Å². The smallest absolute Gasteiger partial charge is 0.348 e. The summed E-state index contributed by atoms with van der Waals surface area (Å²) in [7, 11) is 1.39. The Kier molecular flexibility index (Phi) is 2.25. The van der Waals surface area contributed by atoms with Gasteiger partial charge in [-0.3, -0.25) is 4.68 Å². The summed E-state index contributed by atoms with van der Waals surface area (Å²) in [6, 6.07) is 1.82. The molecule has 0 fully saturated rings. The van der Waals surface area contributed by atoms with Crippen molar-refractivity contribution >= 4 is 27.5 Å². The maximum Gasteiger partial charge on any atom is 0.348 e. The minimum atomic E-state index is -0.283. The van der Waals surface area contributed by atoms with E-state index in [2.05, 4.69) is 9.84 Å². The Morgan fingerprint density at radius 3 is 3.14 bits per heavy atom. The normalized spacial score (nSPS) is 10.7. The molecule has 0 radical (unpaired) electrons. The molecule has 0 saturated heterocycles. The highest BCUT2D eigenvalue weighted by Crippen LogP contribution is 2.25. The summed E-state index contributed by atoms with van der Waals surface area (Å²) in [6.07, 6.45) is 1.77. The molecule has 0 unspecified atom stereocenters. The van der Waals surface area contributed by atoms with Crippen LogP contribution < -0.4 is 0 Å². The highest BCUT2D eigenvalue weighted by molar-refractivity contribution is 7.20. The van der Waals surface area contributed by atoms with E-state index in [1.54, 1.807) is 6.20 Å². The van der Waals surface area contributed by atoms with E-state index in [0.717, 1.165) is 16.8 Å². The molecular weight excluding hydrogens is 200 g/mol. The van der Waals surface area contributed by atoms with Crippen molar-refractivity contribution in [3.8, 4) is 0 Å². The number of rotatable bonds is 2. The Morgan fingerprint density at radius 2 is 2.50 bits per heavy atom. The predicted octanol–water partition coefficient (Wildman–Crippen LogP) is 1.90. The van der Waals surface area contributed by atoms with Gasteiger partial charge in [0.25, 0.3) is 0 Å². The standard InChI is InChI=1S/C9H10N2O2S/c1-3-11-6-4-7(9(12)13-2)14-8(6)5-10-11/h4-5H,3H2,1-2H3. The lowest BCUT2D eigenvalue weighted by molar-refractivity contribution is 0.0606. The number of methoxy groups -OCH3 is 1. The molecule has 0 aromatic carbocycles. The zero-order chi connectivity index (χ0) is 10.1. The van der Waals surface area contributed by atoms with Gasteiger partial charge < -0.3 is 4.74 Å². The number of hydrogen-bond acceptors (Lipinski definition) is 4. The van der Waals surface area contributed by atoms with Crippen molar-refractivity contribution in [2.75, 3.05) is 7.11 Å². The lowest BCUT2D eigenvalue weighted by atomic mass is 10.4. The van der Waals surface area contributed by atoms with E-state index in [0.29, 0.717) is 4.88 Å². The first-order chi connectivity index (χ1) is 6.76. The van der Waals surface area contributed by atoms with Crippen LogP contribution in [0, 0.1) is 0 Å². The van der Waals surface area contributed by atoms with Crippen molar-refractivity contribution < 1.29 is 9.53 Å². The van der Waals surface area contributed by atoms with E-state index in [4.69, 9.17) is 0 Å². The number of esters is 1. The van der Waals surface area contributed by atoms with E-state index in [9.17, 15) is 4.79 Å². The van der Waals surface area contributed by atoms with Crippen LogP contribution in [0.3, 0.4) is 0 Å². The largest absolute Gasteiger partial charge is 0.465 e. The molecule has 14 heavy (non-hydrogen) atoms. The SMILES string of the molecule is CCn1ncc2sc(C(=O)OC)cc21. The number of ether oxygens (including phenoxy) is 1. The second-order valence-electron chi connectivity index (χ2n) is 2.81. The summed E-state index contributed by atoms with van der Waals surface area (Å²) in [4.78, 5) is 11.9. The first-order valence-electron chi connectivity index (χ1n) is 4.30. The Balaban J connectivity index is 2.52. The van der Waals surface area contributed by atoms with Crippen molar-refractivity contribution in [3.63, 3.8) is 0 Å². The molecule has 0 saturated carbocycles. The van der Waals surface area contributed by atoms with Crippen LogP contribution in [-0.2, 0) is 11.3 Å². The van der Waals surface area contributed by atoms with E-state index >= 15 is 0 Å². The first kappa shape index (κ1) is 9.21. The van der Waals surface area contributed by atoms with Gasteiger partial charge in [-0.1, -0.05) is 0 Å². The minimum Gasteiger partial charge on any atom is -0.465 e. The van der Waals surface area contributed by atoms with Gasteiger partial charge in [0.05, 0.1) is 23.5 Å².